The molecule has 5 fully saturated rings. The zero-order valence-corrected chi connectivity index (χ0v) is 19.6. The number of urea groups is 1. The number of nitrogens with zero attached hydrogens (tertiary/aromatic N) is 2. The molecule has 1 aromatic carbocycles. The van der Waals surface area contributed by atoms with Crippen molar-refractivity contribution in [2.45, 2.75) is 49.3 Å². The van der Waals surface area contributed by atoms with Crippen molar-refractivity contribution in [1.29, 1.82) is 0 Å². The molecule has 3 amide bonds. The van der Waals surface area contributed by atoms with Crippen LogP contribution in [0.25, 0.3) is 0 Å². The lowest BCUT2D eigenvalue weighted by molar-refractivity contribution is -0.155. The zero-order valence-electron chi connectivity index (χ0n) is 17.2. The third kappa shape index (κ3) is 3.86. The van der Waals surface area contributed by atoms with Gasteiger partial charge in [-0.1, -0.05) is 27.5 Å². The summed E-state index contributed by atoms with van der Waals surface area (Å²) in [6.07, 6.45) is 7.71. The predicted octanol–water partition coefficient (Wildman–Crippen LogP) is 5.14. The number of benzene rings is 1. The SMILES string of the molecule is O=C(Nc1ccc(Cl)cc1)N1CCCN(C(=O)C23CC4CC(CC(Br)(C4)C2)C3)CC1. The van der Waals surface area contributed by atoms with Crippen molar-refractivity contribution in [1.82, 2.24) is 9.80 Å². The van der Waals surface area contributed by atoms with Crippen molar-refractivity contribution in [2.24, 2.45) is 17.3 Å². The number of alkyl halides is 1. The molecule has 2 unspecified atom stereocenters. The molecule has 162 valence electrons. The Balaban J connectivity index is 1.23. The molecule has 2 atom stereocenters. The number of hydrogen-bond acceptors (Lipinski definition) is 2. The first-order chi connectivity index (χ1) is 14.3. The Kier molecular flexibility index (Phi) is 5.29. The van der Waals surface area contributed by atoms with Crippen molar-refractivity contribution in [2.75, 3.05) is 31.5 Å². The van der Waals surface area contributed by atoms with Crippen LogP contribution in [0.15, 0.2) is 24.3 Å². The highest BCUT2D eigenvalue weighted by Crippen LogP contribution is 2.64. The molecule has 7 heteroatoms. The molecule has 0 spiro atoms. The van der Waals surface area contributed by atoms with Crippen molar-refractivity contribution < 1.29 is 9.59 Å². The second-order valence-electron chi connectivity index (χ2n) is 9.96. The normalized spacial score (nSPS) is 35.3. The van der Waals surface area contributed by atoms with Crippen LogP contribution in [0.4, 0.5) is 10.5 Å². The molecule has 30 heavy (non-hydrogen) atoms. The van der Waals surface area contributed by atoms with Gasteiger partial charge in [-0.15, -0.1) is 0 Å². The Labute approximate surface area is 191 Å². The van der Waals surface area contributed by atoms with E-state index in [-0.39, 0.29) is 15.8 Å². The lowest BCUT2D eigenvalue weighted by atomic mass is 9.49. The minimum Gasteiger partial charge on any atom is -0.340 e. The second kappa shape index (κ2) is 7.70. The maximum atomic E-state index is 13.7. The largest absolute Gasteiger partial charge is 0.340 e. The van der Waals surface area contributed by atoms with E-state index in [1.54, 1.807) is 24.3 Å². The van der Waals surface area contributed by atoms with Crippen LogP contribution in [0.1, 0.15) is 44.9 Å². The highest BCUT2D eigenvalue weighted by Gasteiger charge is 2.60. The third-order valence-electron chi connectivity index (χ3n) is 7.61. The first-order valence-electron chi connectivity index (χ1n) is 11.1. The fourth-order valence-corrected chi connectivity index (χ4v) is 8.37. The van der Waals surface area contributed by atoms with E-state index in [2.05, 4.69) is 26.1 Å². The van der Waals surface area contributed by atoms with Crippen LogP contribution in [0.5, 0.6) is 0 Å². The number of anilines is 1. The number of carbonyl (C=O) groups is 2. The molecule has 0 radical (unpaired) electrons. The maximum absolute atomic E-state index is 13.7. The summed E-state index contributed by atoms with van der Waals surface area (Å²) in [5, 5.41) is 3.59. The Morgan fingerprint density at radius 3 is 2.27 bits per heavy atom. The number of halogens is 2. The summed E-state index contributed by atoms with van der Waals surface area (Å²) in [5.74, 6) is 1.74. The molecule has 5 aliphatic rings. The van der Waals surface area contributed by atoms with Crippen LogP contribution < -0.4 is 5.32 Å². The van der Waals surface area contributed by atoms with Gasteiger partial charge in [0.25, 0.3) is 0 Å². The van der Waals surface area contributed by atoms with Gasteiger partial charge in [0.15, 0.2) is 0 Å². The van der Waals surface area contributed by atoms with E-state index in [9.17, 15) is 9.59 Å². The number of nitrogens with one attached hydrogen (secondary N) is 1. The summed E-state index contributed by atoms with van der Waals surface area (Å²) in [6, 6.07) is 7.03. The first kappa shape index (κ1) is 20.6. The van der Waals surface area contributed by atoms with Gasteiger partial charge in [0.1, 0.15) is 0 Å². The predicted molar refractivity (Wildman–Crippen MR) is 122 cm³/mol. The van der Waals surface area contributed by atoms with Crippen LogP contribution in [0.2, 0.25) is 5.02 Å². The van der Waals surface area contributed by atoms with Gasteiger partial charge in [0.2, 0.25) is 5.91 Å². The zero-order chi connectivity index (χ0) is 20.9. The molecule has 1 aliphatic heterocycles. The molecule has 0 aromatic heterocycles. The minimum atomic E-state index is -0.172. The Morgan fingerprint density at radius 1 is 0.967 bits per heavy atom. The lowest BCUT2D eigenvalue weighted by Gasteiger charge is -2.60. The van der Waals surface area contributed by atoms with Crippen molar-refractivity contribution in [3.05, 3.63) is 29.3 Å². The Morgan fingerprint density at radius 2 is 1.60 bits per heavy atom. The van der Waals surface area contributed by atoms with Gasteiger partial charge in [-0.3, -0.25) is 4.79 Å². The van der Waals surface area contributed by atoms with Crippen molar-refractivity contribution >= 4 is 45.2 Å². The van der Waals surface area contributed by atoms with Crippen molar-refractivity contribution in [3.63, 3.8) is 0 Å². The molecule has 4 bridgehead atoms. The molecule has 1 N–H and O–H groups in total. The van der Waals surface area contributed by atoms with Gasteiger partial charge >= 0.3 is 6.03 Å². The third-order valence-corrected chi connectivity index (χ3v) is 8.79. The van der Waals surface area contributed by atoms with Crippen LogP contribution in [-0.4, -0.2) is 52.2 Å². The summed E-state index contributed by atoms with van der Waals surface area (Å²) in [6.45, 7) is 2.62. The van der Waals surface area contributed by atoms with E-state index in [0.29, 0.717) is 42.4 Å². The van der Waals surface area contributed by atoms with E-state index in [1.807, 2.05) is 4.90 Å². The smallest absolute Gasteiger partial charge is 0.321 e. The minimum absolute atomic E-state index is 0.110. The van der Waals surface area contributed by atoms with Crippen LogP contribution >= 0.6 is 27.5 Å². The summed E-state index contributed by atoms with van der Waals surface area (Å²) >= 11 is 9.95. The first-order valence-corrected chi connectivity index (χ1v) is 12.3. The van der Waals surface area contributed by atoms with Gasteiger partial charge in [-0.05, 0) is 81.0 Å². The second-order valence-corrected chi connectivity index (χ2v) is 12.1. The highest BCUT2D eigenvalue weighted by molar-refractivity contribution is 9.10. The number of carbonyl (C=O) groups excluding carboxylic acids is 2. The van der Waals surface area contributed by atoms with Crippen molar-refractivity contribution in [3.8, 4) is 0 Å². The van der Waals surface area contributed by atoms with E-state index in [4.69, 9.17) is 11.6 Å². The molecule has 1 saturated heterocycles. The summed E-state index contributed by atoms with van der Waals surface area (Å²) in [7, 11) is 0. The highest BCUT2D eigenvalue weighted by atomic mass is 79.9. The average molecular weight is 495 g/mol. The fourth-order valence-electron chi connectivity index (χ4n) is 6.80. The Hall–Kier alpha value is -1.27. The molecule has 4 saturated carbocycles. The molecule has 6 rings (SSSR count). The van der Waals surface area contributed by atoms with E-state index in [1.165, 1.54) is 19.3 Å². The van der Waals surface area contributed by atoms with Gasteiger partial charge in [0.05, 0.1) is 5.41 Å². The number of hydrogen-bond donors (Lipinski definition) is 1. The van der Waals surface area contributed by atoms with E-state index in [0.717, 1.165) is 37.9 Å². The molecule has 4 aliphatic carbocycles. The Bertz CT molecular complexity index is 831. The standard InChI is InChI=1S/C23H29BrClN3O2/c24-23-13-16-10-17(14-23)12-22(11-16,15-23)20(29)27-6-1-7-28(9-8-27)21(30)26-19-4-2-18(25)3-5-19/h2-5,16-17H,1,6-15H2,(H,26,30). The summed E-state index contributed by atoms with van der Waals surface area (Å²) < 4.78 is 0.184. The van der Waals surface area contributed by atoms with E-state index >= 15 is 0 Å². The van der Waals surface area contributed by atoms with Crippen LogP contribution in [-0.2, 0) is 4.79 Å². The topological polar surface area (TPSA) is 52.7 Å². The quantitative estimate of drug-likeness (QED) is 0.579. The molecular weight excluding hydrogens is 466 g/mol. The van der Waals surface area contributed by atoms with E-state index < -0.39 is 0 Å². The number of rotatable bonds is 2. The monoisotopic (exact) mass is 493 g/mol. The molecular formula is C23H29BrClN3O2. The average Bonchev–Trinajstić information content (AvgIpc) is 2.93. The number of amides is 3. The lowest BCUT2D eigenvalue weighted by Crippen LogP contribution is -2.59. The summed E-state index contributed by atoms with van der Waals surface area (Å²) in [4.78, 5) is 30.3. The van der Waals surface area contributed by atoms with Gasteiger partial charge in [0, 0.05) is 41.2 Å². The molecule has 1 heterocycles. The van der Waals surface area contributed by atoms with Gasteiger partial charge in [-0.25, -0.2) is 4.79 Å². The van der Waals surface area contributed by atoms with Crippen LogP contribution in [0, 0.1) is 17.3 Å². The maximum Gasteiger partial charge on any atom is 0.321 e. The fraction of sp³-hybridized carbons (Fsp3) is 0.652. The molecule has 5 nitrogen and oxygen atoms in total. The molecule has 1 aromatic rings. The van der Waals surface area contributed by atoms with Crippen LogP contribution in [0.3, 0.4) is 0 Å². The van der Waals surface area contributed by atoms with Gasteiger partial charge in [-0.2, -0.15) is 0 Å². The summed E-state index contributed by atoms with van der Waals surface area (Å²) in [5.41, 5.74) is 0.562. The van der Waals surface area contributed by atoms with Gasteiger partial charge < -0.3 is 15.1 Å².